The van der Waals surface area contributed by atoms with Crippen molar-refractivity contribution in [2.45, 2.75) is 14.8 Å². The van der Waals surface area contributed by atoms with Crippen LogP contribution in [0.3, 0.4) is 0 Å². The van der Waals surface area contributed by atoms with Gasteiger partial charge in [-0.25, -0.2) is 22.5 Å². The van der Waals surface area contributed by atoms with Gasteiger partial charge in [-0.3, -0.25) is 0 Å². The monoisotopic (exact) mass is 461 g/mol. The van der Waals surface area contributed by atoms with Crippen molar-refractivity contribution in [3.63, 3.8) is 0 Å². The molecule has 0 unspecified atom stereocenters. The molecule has 152 valence electrons. The molecule has 0 fully saturated rings. The molecule has 3 aromatic heterocycles. The standard InChI is InChI=1S/C19H13ClFN5O2S2/c1-30(27,28)18-9-7-15(23-24-18)19-16(29-14-5-2-12(20)3-6-14)11-26(25-19)17-8-4-13(21)10-22-17/h2-11H,1H3. The van der Waals surface area contributed by atoms with Crippen molar-refractivity contribution in [2.75, 3.05) is 6.26 Å². The summed E-state index contributed by atoms with van der Waals surface area (Å²) in [5.74, 6) is -0.0366. The average Bonchev–Trinajstić information content (AvgIpc) is 3.13. The molecule has 30 heavy (non-hydrogen) atoms. The predicted molar refractivity (Wildman–Crippen MR) is 111 cm³/mol. The number of aromatic nitrogens is 5. The molecule has 0 aliphatic rings. The van der Waals surface area contributed by atoms with Crippen LogP contribution in [0.25, 0.3) is 17.2 Å². The van der Waals surface area contributed by atoms with Crippen molar-refractivity contribution in [1.29, 1.82) is 0 Å². The second kappa shape index (κ2) is 8.13. The number of rotatable bonds is 5. The Morgan fingerprint density at radius 3 is 2.40 bits per heavy atom. The van der Waals surface area contributed by atoms with E-state index in [0.29, 0.717) is 22.2 Å². The lowest BCUT2D eigenvalue weighted by atomic mass is 10.3. The number of pyridine rings is 1. The maximum Gasteiger partial charge on any atom is 0.194 e. The number of hydrogen-bond donors (Lipinski definition) is 0. The molecule has 7 nitrogen and oxygen atoms in total. The van der Waals surface area contributed by atoms with Crippen LogP contribution in [0.2, 0.25) is 5.02 Å². The van der Waals surface area contributed by atoms with E-state index in [4.69, 9.17) is 11.6 Å². The van der Waals surface area contributed by atoms with Crippen LogP contribution in [0.15, 0.2) is 75.7 Å². The Hall–Kier alpha value is -2.82. The van der Waals surface area contributed by atoms with Gasteiger partial charge in [0.1, 0.15) is 17.2 Å². The van der Waals surface area contributed by atoms with Crippen LogP contribution in [0.5, 0.6) is 0 Å². The molecular formula is C19H13ClFN5O2S2. The molecular weight excluding hydrogens is 449 g/mol. The number of nitrogens with zero attached hydrogens (tertiary/aromatic N) is 5. The first-order valence-electron chi connectivity index (χ1n) is 8.49. The molecule has 1 aromatic carbocycles. The van der Waals surface area contributed by atoms with Gasteiger partial charge in [0.25, 0.3) is 0 Å². The Bertz CT molecular complexity index is 1290. The van der Waals surface area contributed by atoms with Gasteiger partial charge in [0.15, 0.2) is 20.7 Å². The molecule has 0 spiro atoms. The summed E-state index contributed by atoms with van der Waals surface area (Å²) in [6, 6.07) is 13.0. The van der Waals surface area contributed by atoms with E-state index in [9.17, 15) is 12.8 Å². The van der Waals surface area contributed by atoms with Gasteiger partial charge >= 0.3 is 0 Å². The molecule has 0 saturated heterocycles. The summed E-state index contributed by atoms with van der Waals surface area (Å²) in [6.07, 6.45) is 3.90. The first-order valence-corrected chi connectivity index (χ1v) is 11.6. The zero-order valence-corrected chi connectivity index (χ0v) is 17.8. The van der Waals surface area contributed by atoms with Gasteiger partial charge in [0.2, 0.25) is 0 Å². The highest BCUT2D eigenvalue weighted by atomic mass is 35.5. The van der Waals surface area contributed by atoms with Crippen molar-refractivity contribution in [3.05, 3.63) is 71.8 Å². The molecule has 0 aliphatic carbocycles. The van der Waals surface area contributed by atoms with Gasteiger partial charge in [-0.15, -0.1) is 10.2 Å². The summed E-state index contributed by atoms with van der Waals surface area (Å²) in [5.41, 5.74) is 0.869. The third-order valence-electron chi connectivity index (χ3n) is 3.93. The van der Waals surface area contributed by atoms with Crippen LogP contribution in [-0.4, -0.2) is 39.6 Å². The normalized spacial score (nSPS) is 11.6. The van der Waals surface area contributed by atoms with Crippen molar-refractivity contribution in [2.24, 2.45) is 0 Å². The molecule has 0 aliphatic heterocycles. The van der Waals surface area contributed by atoms with Crippen molar-refractivity contribution < 1.29 is 12.8 Å². The van der Waals surface area contributed by atoms with Crippen LogP contribution < -0.4 is 0 Å². The fourth-order valence-corrected chi connectivity index (χ4v) is 4.06. The van der Waals surface area contributed by atoms with Crippen LogP contribution >= 0.6 is 23.4 Å². The van der Waals surface area contributed by atoms with Gasteiger partial charge < -0.3 is 0 Å². The number of halogens is 2. The summed E-state index contributed by atoms with van der Waals surface area (Å²) in [5, 5.41) is 12.8. The Morgan fingerprint density at radius 1 is 1.03 bits per heavy atom. The van der Waals surface area contributed by atoms with E-state index in [0.717, 1.165) is 22.2 Å². The molecule has 0 bridgehead atoms. The summed E-state index contributed by atoms with van der Waals surface area (Å²) in [4.78, 5) is 5.68. The lowest BCUT2D eigenvalue weighted by molar-refractivity contribution is 0.596. The molecule has 0 atom stereocenters. The van der Waals surface area contributed by atoms with Crippen molar-refractivity contribution in [3.8, 4) is 17.2 Å². The largest absolute Gasteiger partial charge is 0.234 e. The van der Waals surface area contributed by atoms with E-state index < -0.39 is 15.7 Å². The minimum atomic E-state index is -3.47. The fourth-order valence-electron chi connectivity index (χ4n) is 2.50. The molecule has 0 amide bonds. The topological polar surface area (TPSA) is 90.6 Å². The van der Waals surface area contributed by atoms with Gasteiger partial charge in [-0.2, -0.15) is 5.10 Å². The van der Waals surface area contributed by atoms with E-state index in [2.05, 4.69) is 20.3 Å². The summed E-state index contributed by atoms with van der Waals surface area (Å²) in [6.45, 7) is 0. The van der Waals surface area contributed by atoms with E-state index in [-0.39, 0.29) is 5.03 Å². The zero-order valence-electron chi connectivity index (χ0n) is 15.4. The van der Waals surface area contributed by atoms with Crippen molar-refractivity contribution >= 4 is 33.2 Å². The molecule has 0 radical (unpaired) electrons. The predicted octanol–water partition coefficient (Wildman–Crippen LogP) is 4.07. The molecule has 0 N–H and O–H groups in total. The average molecular weight is 462 g/mol. The minimum Gasteiger partial charge on any atom is -0.234 e. The maximum atomic E-state index is 13.2. The first-order chi connectivity index (χ1) is 14.3. The molecule has 11 heteroatoms. The van der Waals surface area contributed by atoms with Gasteiger partial charge in [0, 0.05) is 22.4 Å². The Morgan fingerprint density at radius 2 is 1.80 bits per heavy atom. The highest BCUT2D eigenvalue weighted by molar-refractivity contribution is 7.99. The lowest BCUT2D eigenvalue weighted by Crippen LogP contribution is -2.03. The zero-order chi connectivity index (χ0) is 21.3. The highest BCUT2D eigenvalue weighted by Gasteiger charge is 2.17. The second-order valence-electron chi connectivity index (χ2n) is 6.21. The van der Waals surface area contributed by atoms with Crippen LogP contribution in [0, 0.1) is 5.82 Å². The number of benzene rings is 1. The Kier molecular flexibility index (Phi) is 5.54. The summed E-state index contributed by atoms with van der Waals surface area (Å²) in [7, 11) is -3.47. The fraction of sp³-hybridized carbons (Fsp3) is 0.0526. The van der Waals surface area contributed by atoms with Crippen molar-refractivity contribution in [1.82, 2.24) is 25.0 Å². The molecule has 3 heterocycles. The van der Waals surface area contributed by atoms with E-state index >= 15 is 0 Å². The number of sulfone groups is 1. The summed E-state index contributed by atoms with van der Waals surface area (Å²) < 4.78 is 38.0. The van der Waals surface area contributed by atoms with Gasteiger partial charge in [0.05, 0.1) is 11.1 Å². The van der Waals surface area contributed by atoms with Gasteiger partial charge in [-0.05, 0) is 48.5 Å². The maximum absolute atomic E-state index is 13.2. The van der Waals surface area contributed by atoms with Gasteiger partial charge in [-0.1, -0.05) is 23.4 Å². The smallest absolute Gasteiger partial charge is 0.194 e. The van der Waals surface area contributed by atoms with E-state index in [1.54, 1.807) is 24.4 Å². The Balaban J connectivity index is 1.78. The highest BCUT2D eigenvalue weighted by Crippen LogP contribution is 2.35. The van der Waals surface area contributed by atoms with E-state index in [1.165, 1.54) is 34.6 Å². The molecule has 4 aromatic rings. The van der Waals surface area contributed by atoms with Crippen LogP contribution in [-0.2, 0) is 9.84 Å². The SMILES string of the molecule is CS(=O)(=O)c1ccc(-c2nn(-c3ccc(F)cn3)cc2Sc2ccc(Cl)cc2)nn1. The van der Waals surface area contributed by atoms with Crippen LogP contribution in [0.4, 0.5) is 4.39 Å². The number of hydrogen-bond acceptors (Lipinski definition) is 7. The third kappa shape index (κ3) is 4.50. The third-order valence-corrected chi connectivity index (χ3v) is 6.19. The van der Waals surface area contributed by atoms with Crippen LogP contribution in [0.1, 0.15) is 0 Å². The second-order valence-corrected chi connectivity index (χ2v) is 9.72. The quantitative estimate of drug-likeness (QED) is 0.442. The summed E-state index contributed by atoms with van der Waals surface area (Å²) >= 11 is 7.37. The molecule has 4 rings (SSSR count). The molecule has 0 saturated carbocycles. The minimum absolute atomic E-state index is 0.127. The Labute approximate surface area is 180 Å². The lowest BCUT2D eigenvalue weighted by Gasteiger charge is -2.03. The first kappa shape index (κ1) is 20.5. The van der Waals surface area contributed by atoms with E-state index in [1.807, 2.05) is 12.1 Å².